The van der Waals surface area contributed by atoms with Crippen molar-refractivity contribution in [3.8, 4) is 0 Å². The number of imide groups is 1. The van der Waals surface area contributed by atoms with Crippen LogP contribution in [0.15, 0.2) is 0 Å². The molecule has 76 valence electrons. The molecule has 0 radical (unpaired) electrons. The lowest BCUT2D eigenvalue weighted by atomic mass is 10.2. The monoisotopic (exact) mass is 185 g/mol. The topological polar surface area (TPSA) is 46.2 Å². The normalized spacial score (nSPS) is 9.69. The summed E-state index contributed by atoms with van der Waals surface area (Å²) in [7, 11) is 0. The first-order valence-corrected chi connectivity index (χ1v) is 5.03. The predicted octanol–water partition coefficient (Wildman–Crippen LogP) is 2.01. The van der Waals surface area contributed by atoms with Gasteiger partial charge in [-0.3, -0.25) is 14.9 Å². The standard InChI is InChI=1S/C10H19NO2/c1-3-5-6-8-10(13)11-9(12)7-4-2/h3-8H2,1-2H3,(H,11,12,13). The van der Waals surface area contributed by atoms with Crippen molar-refractivity contribution < 1.29 is 9.59 Å². The van der Waals surface area contributed by atoms with Crippen molar-refractivity contribution in [1.82, 2.24) is 5.32 Å². The zero-order valence-electron chi connectivity index (χ0n) is 8.56. The second-order valence-electron chi connectivity index (χ2n) is 3.18. The third kappa shape index (κ3) is 7.50. The molecule has 0 unspecified atom stereocenters. The molecule has 1 N–H and O–H groups in total. The average molecular weight is 185 g/mol. The van der Waals surface area contributed by atoms with E-state index >= 15 is 0 Å². The Kier molecular flexibility index (Phi) is 7.26. The number of nitrogens with one attached hydrogen (secondary N) is 1. The molecule has 0 aliphatic rings. The summed E-state index contributed by atoms with van der Waals surface area (Å²) >= 11 is 0. The highest BCUT2D eigenvalue weighted by atomic mass is 16.2. The number of amides is 2. The van der Waals surface area contributed by atoms with Crippen molar-refractivity contribution >= 4 is 11.8 Å². The van der Waals surface area contributed by atoms with Crippen LogP contribution in [0.25, 0.3) is 0 Å². The van der Waals surface area contributed by atoms with E-state index < -0.39 is 0 Å². The van der Waals surface area contributed by atoms with E-state index in [9.17, 15) is 9.59 Å². The van der Waals surface area contributed by atoms with E-state index in [-0.39, 0.29) is 11.8 Å². The van der Waals surface area contributed by atoms with Gasteiger partial charge in [-0.05, 0) is 12.8 Å². The quantitative estimate of drug-likeness (QED) is 0.643. The fourth-order valence-electron chi connectivity index (χ4n) is 1.04. The van der Waals surface area contributed by atoms with E-state index in [0.717, 1.165) is 25.7 Å². The van der Waals surface area contributed by atoms with Crippen molar-refractivity contribution in [3.05, 3.63) is 0 Å². The minimum absolute atomic E-state index is 0.132. The molecule has 13 heavy (non-hydrogen) atoms. The van der Waals surface area contributed by atoms with Gasteiger partial charge in [0.25, 0.3) is 0 Å². The van der Waals surface area contributed by atoms with Crippen molar-refractivity contribution in [1.29, 1.82) is 0 Å². The maximum Gasteiger partial charge on any atom is 0.226 e. The molecule has 0 fully saturated rings. The molecule has 0 aromatic rings. The summed E-state index contributed by atoms with van der Waals surface area (Å²) in [6, 6.07) is 0. The molecule has 0 aromatic carbocycles. The second-order valence-corrected chi connectivity index (χ2v) is 3.18. The molecular formula is C10H19NO2. The number of rotatable bonds is 6. The number of carbonyl (C=O) groups excluding carboxylic acids is 2. The fourth-order valence-corrected chi connectivity index (χ4v) is 1.04. The molecule has 3 heteroatoms. The van der Waals surface area contributed by atoms with Crippen LogP contribution in [0.5, 0.6) is 0 Å². The molecule has 3 nitrogen and oxygen atoms in total. The first-order chi connectivity index (χ1) is 6.20. The van der Waals surface area contributed by atoms with E-state index in [1.54, 1.807) is 0 Å². The van der Waals surface area contributed by atoms with E-state index in [1.165, 1.54) is 0 Å². The molecular weight excluding hydrogens is 166 g/mol. The number of carbonyl (C=O) groups is 2. The molecule has 0 saturated heterocycles. The Labute approximate surface area is 79.9 Å². The van der Waals surface area contributed by atoms with Crippen molar-refractivity contribution in [2.24, 2.45) is 0 Å². The van der Waals surface area contributed by atoms with Gasteiger partial charge in [0.1, 0.15) is 0 Å². The molecule has 0 atom stereocenters. The summed E-state index contributed by atoms with van der Waals surface area (Å²) in [6.45, 7) is 4.00. The molecule has 0 saturated carbocycles. The van der Waals surface area contributed by atoms with Crippen LogP contribution in [-0.2, 0) is 9.59 Å². The summed E-state index contributed by atoms with van der Waals surface area (Å²) in [6.07, 6.45) is 4.73. The van der Waals surface area contributed by atoms with Gasteiger partial charge in [-0.1, -0.05) is 26.7 Å². The van der Waals surface area contributed by atoms with E-state index in [2.05, 4.69) is 12.2 Å². The van der Waals surface area contributed by atoms with Gasteiger partial charge in [0.05, 0.1) is 0 Å². The van der Waals surface area contributed by atoms with Crippen LogP contribution in [0, 0.1) is 0 Å². The Morgan fingerprint density at radius 2 is 1.54 bits per heavy atom. The minimum atomic E-state index is -0.149. The molecule has 0 heterocycles. The summed E-state index contributed by atoms with van der Waals surface area (Å²) in [5.41, 5.74) is 0. The van der Waals surface area contributed by atoms with Crippen LogP contribution in [0.1, 0.15) is 52.4 Å². The average Bonchev–Trinajstić information content (AvgIpc) is 2.05. The lowest BCUT2D eigenvalue weighted by Gasteiger charge is -2.01. The smallest absolute Gasteiger partial charge is 0.226 e. The molecule has 2 amide bonds. The maximum absolute atomic E-state index is 11.1. The van der Waals surface area contributed by atoms with Gasteiger partial charge in [-0.15, -0.1) is 0 Å². The minimum Gasteiger partial charge on any atom is -0.296 e. The van der Waals surface area contributed by atoms with Crippen LogP contribution < -0.4 is 5.32 Å². The van der Waals surface area contributed by atoms with Crippen molar-refractivity contribution in [2.45, 2.75) is 52.4 Å². The second kappa shape index (κ2) is 7.77. The van der Waals surface area contributed by atoms with E-state index in [1.807, 2.05) is 6.92 Å². The Morgan fingerprint density at radius 3 is 2.08 bits per heavy atom. The molecule has 0 aliphatic heterocycles. The highest BCUT2D eigenvalue weighted by Crippen LogP contribution is 1.98. The third-order valence-electron chi connectivity index (χ3n) is 1.76. The Bertz CT molecular complexity index is 166. The fraction of sp³-hybridized carbons (Fsp3) is 0.800. The van der Waals surface area contributed by atoms with Gasteiger partial charge < -0.3 is 0 Å². The first-order valence-electron chi connectivity index (χ1n) is 5.03. The van der Waals surface area contributed by atoms with Crippen LogP contribution >= 0.6 is 0 Å². The van der Waals surface area contributed by atoms with Gasteiger partial charge in [0.2, 0.25) is 11.8 Å². The summed E-state index contributed by atoms with van der Waals surface area (Å²) in [5, 5.41) is 2.36. The Morgan fingerprint density at radius 1 is 0.923 bits per heavy atom. The molecule has 0 aromatic heterocycles. The number of unbranched alkanes of at least 4 members (excludes halogenated alkanes) is 2. The highest BCUT2D eigenvalue weighted by molar-refractivity contribution is 5.95. The summed E-state index contributed by atoms with van der Waals surface area (Å²) in [5.74, 6) is -0.282. The van der Waals surface area contributed by atoms with Crippen molar-refractivity contribution in [3.63, 3.8) is 0 Å². The third-order valence-corrected chi connectivity index (χ3v) is 1.76. The zero-order valence-corrected chi connectivity index (χ0v) is 8.56. The van der Waals surface area contributed by atoms with Crippen LogP contribution in [0.2, 0.25) is 0 Å². The predicted molar refractivity (Wildman–Crippen MR) is 52.2 cm³/mol. The first kappa shape index (κ1) is 12.1. The molecule has 0 bridgehead atoms. The Hall–Kier alpha value is -0.860. The van der Waals surface area contributed by atoms with E-state index in [0.29, 0.717) is 12.8 Å². The van der Waals surface area contributed by atoms with Gasteiger partial charge in [0, 0.05) is 12.8 Å². The SMILES string of the molecule is CCCCCC(=O)NC(=O)CCC. The molecule has 0 spiro atoms. The van der Waals surface area contributed by atoms with Gasteiger partial charge in [0.15, 0.2) is 0 Å². The lowest BCUT2D eigenvalue weighted by molar-refractivity contribution is -0.130. The lowest BCUT2D eigenvalue weighted by Crippen LogP contribution is -2.29. The number of hydrogen-bond acceptors (Lipinski definition) is 2. The van der Waals surface area contributed by atoms with Crippen LogP contribution in [0.3, 0.4) is 0 Å². The largest absolute Gasteiger partial charge is 0.296 e. The molecule has 0 rings (SSSR count). The Balaban J connectivity index is 3.44. The van der Waals surface area contributed by atoms with E-state index in [4.69, 9.17) is 0 Å². The van der Waals surface area contributed by atoms with Gasteiger partial charge in [-0.2, -0.15) is 0 Å². The van der Waals surface area contributed by atoms with Crippen LogP contribution in [-0.4, -0.2) is 11.8 Å². The number of hydrogen-bond donors (Lipinski definition) is 1. The van der Waals surface area contributed by atoms with Gasteiger partial charge in [-0.25, -0.2) is 0 Å². The summed E-state index contributed by atoms with van der Waals surface area (Å²) in [4.78, 5) is 22.0. The van der Waals surface area contributed by atoms with Gasteiger partial charge >= 0.3 is 0 Å². The maximum atomic E-state index is 11.1. The van der Waals surface area contributed by atoms with Crippen LogP contribution in [0.4, 0.5) is 0 Å². The summed E-state index contributed by atoms with van der Waals surface area (Å²) < 4.78 is 0. The highest BCUT2D eigenvalue weighted by Gasteiger charge is 2.05. The van der Waals surface area contributed by atoms with Crippen molar-refractivity contribution in [2.75, 3.05) is 0 Å². The zero-order chi connectivity index (χ0) is 10.1. The molecule has 0 aliphatic carbocycles.